The Bertz CT molecular complexity index is 1010. The molecule has 3 N–H and O–H groups in total. The van der Waals surface area contributed by atoms with Gasteiger partial charge in [0.25, 0.3) is 0 Å². The summed E-state index contributed by atoms with van der Waals surface area (Å²) < 4.78 is 0. The van der Waals surface area contributed by atoms with E-state index in [-0.39, 0.29) is 36.4 Å². The summed E-state index contributed by atoms with van der Waals surface area (Å²) in [5, 5.41) is 2.97. The summed E-state index contributed by atoms with van der Waals surface area (Å²) in [5.41, 5.74) is 10.4. The molecule has 0 atom stereocenters. The molecule has 2 aromatic carbocycles. The fourth-order valence-corrected chi connectivity index (χ4v) is 4.75. The normalized spacial score (nSPS) is 16.3. The molecule has 4 rings (SSSR count). The number of primary amides is 1. The molecule has 2 aromatic rings. The zero-order valence-corrected chi connectivity index (χ0v) is 18.4. The molecule has 6 heteroatoms. The number of piperidine rings is 1. The van der Waals surface area contributed by atoms with Gasteiger partial charge >= 0.3 is 0 Å². The molecule has 1 fully saturated rings. The lowest BCUT2D eigenvalue weighted by molar-refractivity contribution is -0.122. The molecule has 0 unspecified atom stereocenters. The molecule has 0 saturated carbocycles. The molecule has 1 heterocycles. The maximum Gasteiger partial charge on any atom is 0.224 e. The summed E-state index contributed by atoms with van der Waals surface area (Å²) in [6.45, 7) is 1.44. The third-order valence-corrected chi connectivity index (χ3v) is 6.67. The van der Waals surface area contributed by atoms with Crippen molar-refractivity contribution in [1.82, 2.24) is 0 Å². The number of hydrogen-bond acceptors (Lipinski definition) is 4. The number of rotatable bonds is 7. The molecule has 1 aliphatic heterocycles. The van der Waals surface area contributed by atoms with E-state index in [0.717, 1.165) is 37.3 Å². The minimum absolute atomic E-state index is 0.00957. The van der Waals surface area contributed by atoms with Crippen molar-refractivity contribution in [3.8, 4) is 0 Å². The second-order valence-corrected chi connectivity index (χ2v) is 8.84. The van der Waals surface area contributed by atoms with Crippen LogP contribution in [-0.2, 0) is 22.4 Å². The number of ketones is 1. The number of nitrogens with two attached hydrogens (primary N) is 1. The molecule has 32 heavy (non-hydrogen) atoms. The van der Waals surface area contributed by atoms with Gasteiger partial charge in [0.2, 0.25) is 11.8 Å². The molecule has 1 saturated heterocycles. The van der Waals surface area contributed by atoms with Crippen LogP contribution in [-0.4, -0.2) is 30.7 Å². The highest BCUT2D eigenvalue weighted by molar-refractivity contribution is 6.01. The first-order valence-electron chi connectivity index (χ1n) is 11.6. The van der Waals surface area contributed by atoms with Crippen molar-refractivity contribution in [2.75, 3.05) is 23.3 Å². The van der Waals surface area contributed by atoms with Gasteiger partial charge in [-0.15, -0.1) is 0 Å². The van der Waals surface area contributed by atoms with Crippen LogP contribution in [0.5, 0.6) is 0 Å². The Morgan fingerprint density at radius 3 is 2.41 bits per heavy atom. The lowest BCUT2D eigenvalue weighted by atomic mass is 9.89. The van der Waals surface area contributed by atoms with Crippen LogP contribution >= 0.6 is 0 Å². The Morgan fingerprint density at radius 1 is 0.938 bits per heavy atom. The van der Waals surface area contributed by atoms with Gasteiger partial charge in [0.15, 0.2) is 5.78 Å². The molecule has 0 spiro atoms. The molecule has 0 bridgehead atoms. The standard InChI is InChI=1S/C26H31N3O3/c27-26(32)19-13-15-29(16-14-19)23-8-4-3-7-22(23)28-25(31)12-11-24(30)21-10-9-18-5-1-2-6-20(18)17-21/h3-4,7-10,17,19H,1-2,5-6,11-16H2,(H2,27,32)(H,28,31). The van der Waals surface area contributed by atoms with E-state index in [1.165, 1.54) is 24.0 Å². The zero-order chi connectivity index (χ0) is 22.5. The number of carbonyl (C=O) groups excluding carboxylic acids is 3. The minimum Gasteiger partial charge on any atom is -0.370 e. The highest BCUT2D eigenvalue weighted by Crippen LogP contribution is 2.30. The van der Waals surface area contributed by atoms with Crippen molar-refractivity contribution in [2.24, 2.45) is 11.7 Å². The largest absolute Gasteiger partial charge is 0.370 e. The average Bonchev–Trinajstić information content (AvgIpc) is 2.82. The van der Waals surface area contributed by atoms with Gasteiger partial charge in [-0.25, -0.2) is 0 Å². The number of amides is 2. The quantitative estimate of drug-likeness (QED) is 0.649. The second kappa shape index (κ2) is 9.98. The van der Waals surface area contributed by atoms with Gasteiger partial charge in [-0.05, 0) is 67.9 Å². The molecule has 0 radical (unpaired) electrons. The Morgan fingerprint density at radius 2 is 1.66 bits per heavy atom. The summed E-state index contributed by atoms with van der Waals surface area (Å²) in [4.78, 5) is 38.9. The van der Waals surface area contributed by atoms with Crippen molar-refractivity contribution >= 4 is 29.0 Å². The number of anilines is 2. The third-order valence-electron chi connectivity index (χ3n) is 6.67. The fraction of sp³-hybridized carbons (Fsp3) is 0.423. The van der Waals surface area contributed by atoms with E-state index >= 15 is 0 Å². The van der Waals surface area contributed by atoms with Crippen LogP contribution in [0.25, 0.3) is 0 Å². The summed E-state index contributed by atoms with van der Waals surface area (Å²) in [6, 6.07) is 13.6. The number of hydrogen-bond donors (Lipinski definition) is 2. The van der Waals surface area contributed by atoms with Crippen LogP contribution in [0, 0.1) is 5.92 Å². The van der Waals surface area contributed by atoms with Gasteiger partial charge < -0.3 is 16.0 Å². The van der Waals surface area contributed by atoms with Gasteiger partial charge in [0.1, 0.15) is 0 Å². The van der Waals surface area contributed by atoms with Gasteiger partial charge in [-0.3, -0.25) is 14.4 Å². The van der Waals surface area contributed by atoms with Gasteiger partial charge in [-0.2, -0.15) is 0 Å². The number of para-hydroxylation sites is 2. The smallest absolute Gasteiger partial charge is 0.224 e. The number of nitrogens with one attached hydrogen (secondary N) is 1. The summed E-state index contributed by atoms with van der Waals surface area (Å²) >= 11 is 0. The van der Waals surface area contributed by atoms with Crippen LogP contribution in [0.4, 0.5) is 11.4 Å². The number of fused-ring (bicyclic) bond motifs is 1. The molecular weight excluding hydrogens is 402 g/mol. The van der Waals surface area contributed by atoms with Gasteiger partial charge in [0.05, 0.1) is 11.4 Å². The first-order chi connectivity index (χ1) is 15.5. The molecule has 2 aliphatic rings. The Labute approximate surface area is 189 Å². The van der Waals surface area contributed by atoms with E-state index in [2.05, 4.69) is 16.3 Å². The maximum absolute atomic E-state index is 12.7. The minimum atomic E-state index is -0.241. The molecular formula is C26H31N3O3. The lowest BCUT2D eigenvalue weighted by Crippen LogP contribution is -2.38. The van der Waals surface area contributed by atoms with Crippen LogP contribution < -0.4 is 16.0 Å². The SMILES string of the molecule is NC(=O)C1CCN(c2ccccc2NC(=O)CCC(=O)c2ccc3c(c2)CCCC3)CC1. The van der Waals surface area contributed by atoms with E-state index in [1.807, 2.05) is 36.4 Å². The Kier molecular flexibility index (Phi) is 6.88. The molecule has 168 valence electrons. The third kappa shape index (κ3) is 5.18. The van der Waals surface area contributed by atoms with Crippen LogP contribution in [0.15, 0.2) is 42.5 Å². The van der Waals surface area contributed by atoms with Gasteiger partial charge in [0, 0.05) is 37.4 Å². The summed E-state index contributed by atoms with van der Waals surface area (Å²) in [5.74, 6) is -0.483. The van der Waals surface area contributed by atoms with E-state index in [1.54, 1.807) is 0 Å². The lowest BCUT2D eigenvalue weighted by Gasteiger charge is -2.33. The topological polar surface area (TPSA) is 92.5 Å². The van der Waals surface area contributed by atoms with Gasteiger partial charge in [-0.1, -0.05) is 24.3 Å². The molecule has 1 aliphatic carbocycles. The van der Waals surface area contributed by atoms with Crippen molar-refractivity contribution in [1.29, 1.82) is 0 Å². The van der Waals surface area contributed by atoms with Crippen LogP contribution in [0.1, 0.15) is 60.0 Å². The second-order valence-electron chi connectivity index (χ2n) is 8.84. The average molecular weight is 434 g/mol. The summed E-state index contributed by atoms with van der Waals surface area (Å²) in [6.07, 6.45) is 6.28. The highest BCUT2D eigenvalue weighted by Gasteiger charge is 2.24. The molecule has 6 nitrogen and oxygen atoms in total. The van der Waals surface area contributed by atoms with Crippen LogP contribution in [0.2, 0.25) is 0 Å². The van der Waals surface area contributed by atoms with E-state index in [0.29, 0.717) is 18.4 Å². The number of nitrogens with zero attached hydrogens (tertiary/aromatic N) is 1. The van der Waals surface area contributed by atoms with Crippen molar-refractivity contribution < 1.29 is 14.4 Å². The van der Waals surface area contributed by atoms with E-state index < -0.39 is 0 Å². The predicted octanol–water partition coefficient (Wildman–Crippen LogP) is 3.87. The number of Topliss-reactive ketones (excluding diaryl/α,β-unsaturated/α-hetero) is 1. The zero-order valence-electron chi connectivity index (χ0n) is 18.4. The number of carbonyl (C=O) groups is 3. The van der Waals surface area contributed by atoms with E-state index in [4.69, 9.17) is 5.73 Å². The first-order valence-corrected chi connectivity index (χ1v) is 11.6. The fourth-order valence-electron chi connectivity index (χ4n) is 4.75. The number of aryl methyl sites for hydroxylation is 2. The van der Waals surface area contributed by atoms with Crippen molar-refractivity contribution in [2.45, 2.75) is 51.4 Å². The first kappa shape index (κ1) is 22.1. The Hall–Kier alpha value is -3.15. The van der Waals surface area contributed by atoms with E-state index in [9.17, 15) is 14.4 Å². The van der Waals surface area contributed by atoms with Crippen molar-refractivity contribution in [3.05, 3.63) is 59.2 Å². The monoisotopic (exact) mass is 433 g/mol. The summed E-state index contributed by atoms with van der Waals surface area (Å²) in [7, 11) is 0. The molecule has 0 aromatic heterocycles. The van der Waals surface area contributed by atoms with Crippen molar-refractivity contribution in [3.63, 3.8) is 0 Å². The Balaban J connectivity index is 1.34. The van der Waals surface area contributed by atoms with Crippen LogP contribution in [0.3, 0.4) is 0 Å². The highest BCUT2D eigenvalue weighted by atomic mass is 16.2. The molecule has 2 amide bonds. The number of benzene rings is 2. The maximum atomic E-state index is 12.7. The predicted molar refractivity (Wildman–Crippen MR) is 126 cm³/mol.